The maximum absolute atomic E-state index is 12.3. The summed E-state index contributed by atoms with van der Waals surface area (Å²) in [6.07, 6.45) is -6.74. The molecule has 0 fully saturated rings. The molecule has 3 nitrogen and oxygen atoms in total. The lowest BCUT2D eigenvalue weighted by atomic mass is 10.3. The summed E-state index contributed by atoms with van der Waals surface area (Å²) in [5.41, 5.74) is 0. The molecule has 0 aromatic heterocycles. The molecule has 7 heteroatoms. The molecule has 0 aromatic rings. The predicted molar refractivity (Wildman–Crippen MR) is 52.5 cm³/mol. The molecule has 15 heavy (non-hydrogen) atoms. The molecular weight excluding hydrogens is 231 g/mol. The number of hydrogen-bond donors (Lipinski definition) is 1. The van der Waals surface area contributed by atoms with Gasteiger partial charge in [-0.3, -0.25) is 0 Å². The van der Waals surface area contributed by atoms with Crippen molar-refractivity contribution in [3.63, 3.8) is 0 Å². The first kappa shape index (κ1) is 14.9. The molecule has 1 N–H and O–H groups in total. The van der Waals surface area contributed by atoms with Crippen molar-refractivity contribution in [2.24, 2.45) is 0 Å². The lowest BCUT2D eigenvalue weighted by Gasteiger charge is -2.25. The fraction of sp³-hybridized carbons (Fsp3) is 1.00. The summed E-state index contributed by atoms with van der Waals surface area (Å²) in [5.74, 6) is 0. The van der Waals surface area contributed by atoms with E-state index in [-0.39, 0.29) is 6.61 Å². The molecule has 0 heterocycles. The Labute approximate surface area is 90.0 Å². The second kappa shape index (κ2) is 5.27. The molecule has 0 rings (SSSR count). The van der Waals surface area contributed by atoms with Crippen molar-refractivity contribution in [1.29, 1.82) is 0 Å². The van der Waals surface area contributed by atoms with Gasteiger partial charge >= 0.3 is 6.18 Å². The molecule has 0 spiro atoms. The van der Waals surface area contributed by atoms with Crippen LogP contribution in [0.3, 0.4) is 0 Å². The fourth-order valence-electron chi connectivity index (χ4n) is 0.636. The summed E-state index contributed by atoms with van der Waals surface area (Å²) in [5, 5.41) is 0. The summed E-state index contributed by atoms with van der Waals surface area (Å²) >= 11 is 0. The van der Waals surface area contributed by atoms with Gasteiger partial charge in [0.15, 0.2) is 0 Å². The molecular formula is C8H16F3NO2S. The molecule has 2 atom stereocenters. The zero-order valence-corrected chi connectivity index (χ0v) is 9.96. The first-order valence-corrected chi connectivity index (χ1v) is 5.60. The number of hydrogen-bond acceptors (Lipinski definition) is 2. The van der Waals surface area contributed by atoms with Crippen molar-refractivity contribution in [2.45, 2.75) is 44.8 Å². The number of nitrogens with one attached hydrogen (secondary N) is 1. The first-order valence-electron chi connectivity index (χ1n) is 4.45. The summed E-state index contributed by atoms with van der Waals surface area (Å²) in [7, 11) is -1.81. The highest BCUT2D eigenvalue weighted by Gasteiger charge is 2.42. The van der Waals surface area contributed by atoms with Gasteiger partial charge in [-0.25, -0.2) is 8.93 Å². The fourth-order valence-corrected chi connectivity index (χ4v) is 1.39. The Bertz CT molecular complexity index is 225. The van der Waals surface area contributed by atoms with Gasteiger partial charge in [0.2, 0.25) is 6.23 Å². The molecule has 0 aliphatic rings. The Kier molecular flexibility index (Phi) is 5.22. The van der Waals surface area contributed by atoms with E-state index in [2.05, 4.69) is 4.74 Å². The van der Waals surface area contributed by atoms with E-state index < -0.39 is 28.1 Å². The quantitative estimate of drug-likeness (QED) is 0.771. The third-order valence-electron chi connectivity index (χ3n) is 1.40. The Hall–Kier alpha value is -0.140. The van der Waals surface area contributed by atoms with Crippen molar-refractivity contribution in [3.8, 4) is 0 Å². The van der Waals surface area contributed by atoms with Crippen molar-refractivity contribution >= 4 is 11.0 Å². The Morgan fingerprint density at radius 1 is 1.33 bits per heavy atom. The molecule has 1 unspecified atom stereocenters. The van der Waals surface area contributed by atoms with Crippen LogP contribution in [0.4, 0.5) is 13.2 Å². The standard InChI is InChI=1S/C8H16F3NO2S/c1-5-14-6(8(9,10)11)12-15(13)7(2,3)4/h6,12H,5H2,1-4H3/t6-,15?/m1/s1. The Morgan fingerprint density at radius 3 is 2.07 bits per heavy atom. The highest BCUT2D eigenvalue weighted by atomic mass is 32.2. The van der Waals surface area contributed by atoms with Crippen LogP contribution in [0.5, 0.6) is 0 Å². The van der Waals surface area contributed by atoms with Crippen molar-refractivity contribution < 1.29 is 22.1 Å². The van der Waals surface area contributed by atoms with E-state index in [4.69, 9.17) is 0 Å². The minimum Gasteiger partial charge on any atom is -0.354 e. The maximum atomic E-state index is 12.3. The van der Waals surface area contributed by atoms with Crippen LogP contribution in [0.25, 0.3) is 0 Å². The van der Waals surface area contributed by atoms with Crippen LogP contribution in [-0.4, -0.2) is 28.0 Å². The van der Waals surface area contributed by atoms with E-state index in [1.54, 1.807) is 20.8 Å². The summed E-state index contributed by atoms with van der Waals surface area (Å²) in [6, 6.07) is 0. The molecule has 0 radical (unpaired) electrons. The third kappa shape index (κ3) is 5.48. The van der Waals surface area contributed by atoms with Gasteiger partial charge < -0.3 is 4.74 Å². The molecule has 0 saturated carbocycles. The van der Waals surface area contributed by atoms with Gasteiger partial charge in [-0.15, -0.1) is 0 Å². The number of ether oxygens (including phenoxy) is 1. The monoisotopic (exact) mass is 247 g/mol. The average Bonchev–Trinajstić information content (AvgIpc) is 1.99. The predicted octanol–water partition coefficient (Wildman–Crippen LogP) is 1.96. The highest BCUT2D eigenvalue weighted by Crippen LogP contribution is 2.22. The normalized spacial score (nSPS) is 17.5. The SMILES string of the molecule is CCO[C@@H](NS(=O)C(C)(C)C)C(F)(F)F. The van der Waals surface area contributed by atoms with E-state index in [0.29, 0.717) is 0 Å². The highest BCUT2D eigenvalue weighted by molar-refractivity contribution is 7.84. The van der Waals surface area contributed by atoms with Crippen LogP contribution in [0.2, 0.25) is 0 Å². The molecule has 0 bridgehead atoms. The molecule has 0 aliphatic carbocycles. The number of alkyl halides is 3. The summed E-state index contributed by atoms with van der Waals surface area (Å²) < 4.78 is 54.0. The van der Waals surface area contributed by atoms with Crippen LogP contribution in [0, 0.1) is 0 Å². The maximum Gasteiger partial charge on any atom is 0.429 e. The van der Waals surface area contributed by atoms with Gasteiger partial charge in [0, 0.05) is 6.61 Å². The summed E-state index contributed by atoms with van der Waals surface area (Å²) in [4.78, 5) is 0. The van der Waals surface area contributed by atoms with Crippen molar-refractivity contribution in [2.75, 3.05) is 6.61 Å². The Balaban J connectivity index is 4.50. The first-order chi connectivity index (χ1) is 6.59. The van der Waals surface area contributed by atoms with Gasteiger partial charge in [0.1, 0.15) is 0 Å². The molecule has 0 saturated heterocycles. The average molecular weight is 247 g/mol. The lowest BCUT2D eigenvalue weighted by Crippen LogP contribution is -2.49. The van der Waals surface area contributed by atoms with Gasteiger partial charge in [-0.2, -0.15) is 13.2 Å². The van der Waals surface area contributed by atoms with E-state index >= 15 is 0 Å². The summed E-state index contributed by atoms with van der Waals surface area (Å²) in [6.45, 7) is 6.08. The van der Waals surface area contributed by atoms with E-state index in [1.165, 1.54) is 6.92 Å². The third-order valence-corrected chi connectivity index (χ3v) is 2.94. The molecule has 92 valence electrons. The van der Waals surface area contributed by atoms with Crippen LogP contribution in [0.1, 0.15) is 27.7 Å². The second-order valence-corrected chi connectivity index (χ2v) is 5.87. The second-order valence-electron chi connectivity index (χ2n) is 3.88. The molecule has 0 aliphatic heterocycles. The van der Waals surface area contributed by atoms with Crippen molar-refractivity contribution in [1.82, 2.24) is 4.72 Å². The van der Waals surface area contributed by atoms with Crippen molar-refractivity contribution in [3.05, 3.63) is 0 Å². The van der Waals surface area contributed by atoms with Gasteiger partial charge in [-0.05, 0) is 27.7 Å². The van der Waals surface area contributed by atoms with Gasteiger partial charge in [0.05, 0.1) is 15.7 Å². The van der Waals surface area contributed by atoms with Gasteiger partial charge in [-0.1, -0.05) is 0 Å². The van der Waals surface area contributed by atoms with E-state index in [9.17, 15) is 17.4 Å². The molecule has 0 amide bonds. The smallest absolute Gasteiger partial charge is 0.354 e. The largest absolute Gasteiger partial charge is 0.429 e. The van der Waals surface area contributed by atoms with Crippen LogP contribution in [-0.2, 0) is 15.7 Å². The number of halogens is 3. The zero-order valence-electron chi connectivity index (χ0n) is 9.14. The van der Waals surface area contributed by atoms with Crippen LogP contribution >= 0.6 is 0 Å². The zero-order chi connectivity index (χ0) is 12.3. The Morgan fingerprint density at radius 2 is 1.80 bits per heavy atom. The lowest BCUT2D eigenvalue weighted by molar-refractivity contribution is -0.222. The minimum atomic E-state index is -4.56. The van der Waals surface area contributed by atoms with Gasteiger partial charge in [0.25, 0.3) is 0 Å². The van der Waals surface area contributed by atoms with Crippen LogP contribution in [0.15, 0.2) is 0 Å². The number of rotatable bonds is 4. The van der Waals surface area contributed by atoms with E-state index in [1.807, 2.05) is 4.72 Å². The van der Waals surface area contributed by atoms with E-state index in [0.717, 1.165) is 0 Å². The van der Waals surface area contributed by atoms with Crippen LogP contribution < -0.4 is 4.72 Å². The minimum absolute atomic E-state index is 0.0987. The topological polar surface area (TPSA) is 38.3 Å². The molecule has 0 aromatic carbocycles.